The first kappa shape index (κ1) is 27.2. The lowest BCUT2D eigenvalue weighted by molar-refractivity contribution is -0.112. The van der Waals surface area contributed by atoms with E-state index in [4.69, 9.17) is 4.74 Å². The number of fused-ring (bicyclic) bond motifs is 1. The molecular weight excluding hydrogens is 376 g/mol. The first-order chi connectivity index (χ1) is 14.7. The highest BCUT2D eigenvalue weighted by atomic mass is 16.5. The van der Waals surface area contributed by atoms with Crippen LogP contribution in [0.2, 0.25) is 0 Å². The number of methoxy groups -OCH3 is 1. The number of rotatable bonds is 13. The van der Waals surface area contributed by atoms with Crippen molar-refractivity contribution in [3.05, 3.63) is 0 Å². The molecule has 2 aliphatic rings. The lowest BCUT2D eigenvalue weighted by atomic mass is 9.50. The quantitative estimate of drug-likeness (QED) is 0.280. The predicted molar refractivity (Wildman–Crippen MR) is 137 cm³/mol. The molecule has 0 heterocycles. The first-order valence-electron chi connectivity index (χ1n) is 14.2. The summed E-state index contributed by atoms with van der Waals surface area (Å²) in [6.07, 6.45) is 17.1. The maximum absolute atomic E-state index is 6.25. The van der Waals surface area contributed by atoms with Gasteiger partial charge in [0.1, 0.15) is 0 Å². The van der Waals surface area contributed by atoms with Crippen molar-refractivity contribution < 1.29 is 4.74 Å². The Bertz CT molecular complexity index is 509. The highest BCUT2D eigenvalue weighted by Gasteiger charge is 2.58. The summed E-state index contributed by atoms with van der Waals surface area (Å²) in [6.45, 7) is 19.9. The fraction of sp³-hybridized carbons (Fsp3) is 1.00. The fourth-order valence-corrected chi connectivity index (χ4v) is 8.35. The Labute approximate surface area is 196 Å². The number of unbranched alkanes of at least 4 members (excludes halogenated alkanes) is 1. The van der Waals surface area contributed by atoms with Gasteiger partial charge in [0, 0.05) is 7.11 Å². The molecule has 0 aromatic carbocycles. The van der Waals surface area contributed by atoms with Crippen LogP contribution in [0.5, 0.6) is 0 Å². The van der Waals surface area contributed by atoms with Crippen molar-refractivity contribution in [2.45, 2.75) is 139 Å². The van der Waals surface area contributed by atoms with Gasteiger partial charge in [-0.05, 0) is 84.9 Å². The van der Waals surface area contributed by atoms with Gasteiger partial charge in [-0.2, -0.15) is 0 Å². The Balaban J connectivity index is 2.27. The fourth-order valence-electron chi connectivity index (χ4n) is 8.35. The van der Waals surface area contributed by atoms with Crippen molar-refractivity contribution >= 4 is 0 Å². The Morgan fingerprint density at radius 2 is 1.71 bits per heavy atom. The first-order valence-corrected chi connectivity index (χ1v) is 14.2. The van der Waals surface area contributed by atoms with Gasteiger partial charge in [0.15, 0.2) is 0 Å². The van der Waals surface area contributed by atoms with Crippen LogP contribution in [0.1, 0.15) is 132 Å². The van der Waals surface area contributed by atoms with Gasteiger partial charge in [-0.1, -0.05) is 93.9 Å². The summed E-state index contributed by atoms with van der Waals surface area (Å²) in [5.74, 6) is 5.10. The highest BCUT2D eigenvalue weighted by molar-refractivity contribution is 5.07. The molecule has 0 aliphatic heterocycles. The topological polar surface area (TPSA) is 9.23 Å². The van der Waals surface area contributed by atoms with E-state index in [0.717, 1.165) is 35.5 Å². The molecule has 8 atom stereocenters. The molecule has 0 spiro atoms. The molecule has 2 aliphatic carbocycles. The van der Waals surface area contributed by atoms with E-state index >= 15 is 0 Å². The van der Waals surface area contributed by atoms with Gasteiger partial charge in [-0.15, -0.1) is 0 Å². The van der Waals surface area contributed by atoms with E-state index in [0.29, 0.717) is 16.9 Å². The second kappa shape index (κ2) is 11.9. The molecule has 0 aromatic rings. The minimum absolute atomic E-state index is 0.442. The summed E-state index contributed by atoms with van der Waals surface area (Å²) in [5.41, 5.74) is 1.01. The van der Waals surface area contributed by atoms with Crippen LogP contribution in [0.25, 0.3) is 0 Å². The van der Waals surface area contributed by atoms with Crippen LogP contribution in [-0.2, 0) is 4.74 Å². The molecule has 1 nitrogen and oxygen atoms in total. The molecule has 2 rings (SSSR count). The van der Waals surface area contributed by atoms with Crippen molar-refractivity contribution in [2.24, 2.45) is 46.3 Å². The third-order valence-corrected chi connectivity index (χ3v) is 10.5. The average molecular weight is 435 g/mol. The van der Waals surface area contributed by atoms with Gasteiger partial charge in [0.25, 0.3) is 0 Å². The second-order valence-corrected chi connectivity index (χ2v) is 12.6. The number of ether oxygens (including phenoxy) is 1. The van der Waals surface area contributed by atoms with E-state index in [1.54, 1.807) is 0 Å². The monoisotopic (exact) mass is 434 g/mol. The summed E-state index contributed by atoms with van der Waals surface area (Å²) in [6, 6.07) is 0. The molecule has 0 bridgehead atoms. The largest absolute Gasteiger partial charge is 0.381 e. The lowest BCUT2D eigenvalue weighted by Gasteiger charge is -2.56. The molecule has 184 valence electrons. The molecule has 31 heavy (non-hydrogen) atoms. The summed E-state index contributed by atoms with van der Waals surface area (Å²) >= 11 is 0. The molecule has 0 amide bonds. The van der Waals surface area contributed by atoms with E-state index in [-0.39, 0.29) is 0 Å². The van der Waals surface area contributed by atoms with Crippen LogP contribution < -0.4 is 0 Å². The molecular formula is C30H58O. The zero-order valence-electron chi connectivity index (χ0n) is 22.9. The Kier molecular flexibility index (Phi) is 10.4. The zero-order valence-corrected chi connectivity index (χ0v) is 22.9. The standard InChI is InChI=1S/C30H58O/c1-10-13-20-29(7,12-3)25-19-21-30(8)24(23(6)16-14-15-22(4)5)17-18-26(30)28(25)27(11-2)31-9/h22-28H,10-21H2,1-9H3. The van der Waals surface area contributed by atoms with E-state index < -0.39 is 0 Å². The number of hydrogen-bond donors (Lipinski definition) is 0. The van der Waals surface area contributed by atoms with Crippen molar-refractivity contribution in [3.63, 3.8) is 0 Å². The Morgan fingerprint density at radius 3 is 2.26 bits per heavy atom. The second-order valence-electron chi connectivity index (χ2n) is 12.6. The molecule has 0 N–H and O–H groups in total. The van der Waals surface area contributed by atoms with Crippen LogP contribution in [0, 0.1) is 46.3 Å². The summed E-state index contributed by atoms with van der Waals surface area (Å²) < 4.78 is 6.25. The van der Waals surface area contributed by atoms with Gasteiger partial charge in [-0.3, -0.25) is 0 Å². The van der Waals surface area contributed by atoms with Crippen LogP contribution in [0.3, 0.4) is 0 Å². The lowest BCUT2D eigenvalue weighted by Crippen LogP contribution is -2.51. The molecule has 0 saturated heterocycles. The number of hydrogen-bond acceptors (Lipinski definition) is 1. The van der Waals surface area contributed by atoms with Crippen LogP contribution in [-0.4, -0.2) is 13.2 Å². The molecule has 0 aromatic heterocycles. The SMILES string of the molecule is CCCCC(C)(CC)C1CCC2(C)C(C(C)CCCC(C)C)CCC2C1C(CC)OC. The average Bonchev–Trinajstić information content (AvgIpc) is 3.09. The minimum Gasteiger partial charge on any atom is -0.381 e. The summed E-state index contributed by atoms with van der Waals surface area (Å²) in [7, 11) is 1.99. The Morgan fingerprint density at radius 1 is 1.00 bits per heavy atom. The highest BCUT2D eigenvalue weighted by Crippen LogP contribution is 2.65. The van der Waals surface area contributed by atoms with Crippen LogP contribution >= 0.6 is 0 Å². The third-order valence-electron chi connectivity index (χ3n) is 10.5. The smallest absolute Gasteiger partial charge is 0.0602 e. The van der Waals surface area contributed by atoms with Crippen molar-refractivity contribution in [2.75, 3.05) is 7.11 Å². The maximum Gasteiger partial charge on any atom is 0.0602 e. The van der Waals surface area contributed by atoms with E-state index in [9.17, 15) is 0 Å². The van der Waals surface area contributed by atoms with Crippen LogP contribution in [0.4, 0.5) is 0 Å². The predicted octanol–water partition coefficient (Wildman–Crippen LogP) is 9.54. The Hall–Kier alpha value is -0.0400. The van der Waals surface area contributed by atoms with Crippen molar-refractivity contribution in [3.8, 4) is 0 Å². The third kappa shape index (κ3) is 5.91. The molecule has 8 unspecified atom stereocenters. The van der Waals surface area contributed by atoms with Gasteiger partial charge < -0.3 is 4.74 Å². The molecule has 2 saturated carbocycles. The van der Waals surface area contributed by atoms with E-state index in [2.05, 4.69) is 55.4 Å². The molecule has 1 heteroatoms. The van der Waals surface area contributed by atoms with Crippen molar-refractivity contribution in [1.29, 1.82) is 0 Å². The van der Waals surface area contributed by atoms with Crippen LogP contribution in [0.15, 0.2) is 0 Å². The van der Waals surface area contributed by atoms with E-state index in [1.807, 2.05) is 7.11 Å². The molecule has 2 fully saturated rings. The maximum atomic E-state index is 6.25. The van der Waals surface area contributed by atoms with Gasteiger partial charge in [0.2, 0.25) is 0 Å². The summed E-state index contributed by atoms with van der Waals surface area (Å²) in [4.78, 5) is 0. The van der Waals surface area contributed by atoms with Gasteiger partial charge in [-0.25, -0.2) is 0 Å². The van der Waals surface area contributed by atoms with Gasteiger partial charge in [0.05, 0.1) is 6.10 Å². The normalized spacial score (nSPS) is 35.0. The zero-order chi connectivity index (χ0) is 23.2. The minimum atomic E-state index is 0.442. The van der Waals surface area contributed by atoms with Gasteiger partial charge >= 0.3 is 0 Å². The molecule has 0 radical (unpaired) electrons. The summed E-state index contributed by atoms with van der Waals surface area (Å²) in [5, 5.41) is 0. The van der Waals surface area contributed by atoms with Crippen molar-refractivity contribution in [1.82, 2.24) is 0 Å². The van der Waals surface area contributed by atoms with E-state index in [1.165, 1.54) is 77.0 Å².